The van der Waals surface area contributed by atoms with Gasteiger partial charge < -0.3 is 15.0 Å². The van der Waals surface area contributed by atoms with Crippen LogP contribution in [0.2, 0.25) is 0 Å². The lowest BCUT2D eigenvalue weighted by Gasteiger charge is -2.52. The summed E-state index contributed by atoms with van der Waals surface area (Å²) in [7, 11) is 0. The molecule has 0 saturated carbocycles. The van der Waals surface area contributed by atoms with Crippen LogP contribution in [0.15, 0.2) is 12.1 Å². The van der Waals surface area contributed by atoms with Crippen molar-refractivity contribution in [1.29, 1.82) is 0 Å². The molecule has 2 atom stereocenters. The van der Waals surface area contributed by atoms with Crippen LogP contribution in [0.5, 0.6) is 5.75 Å². The van der Waals surface area contributed by atoms with Gasteiger partial charge in [0.2, 0.25) is 0 Å². The molecule has 1 aromatic carbocycles. The fourth-order valence-corrected chi connectivity index (χ4v) is 3.62. The van der Waals surface area contributed by atoms with Crippen molar-refractivity contribution in [2.45, 2.75) is 45.9 Å². The zero-order chi connectivity index (χ0) is 13.8. The summed E-state index contributed by atoms with van der Waals surface area (Å²) >= 11 is 5.47. The Morgan fingerprint density at radius 3 is 2.79 bits per heavy atom. The minimum absolute atomic E-state index is 0.267. The Morgan fingerprint density at radius 1 is 1.42 bits per heavy atom. The second-order valence-corrected chi connectivity index (χ2v) is 6.09. The molecular weight excluding hydrogens is 256 g/mol. The van der Waals surface area contributed by atoms with Gasteiger partial charge in [-0.1, -0.05) is 6.07 Å². The monoisotopic (exact) mass is 276 g/mol. The van der Waals surface area contributed by atoms with E-state index >= 15 is 0 Å². The molecule has 1 N–H and O–H groups in total. The van der Waals surface area contributed by atoms with Gasteiger partial charge in [0.15, 0.2) is 10.8 Å². The number of nitrogens with zero attached hydrogens (tertiary/aromatic N) is 1. The van der Waals surface area contributed by atoms with Gasteiger partial charge in [-0.25, -0.2) is 0 Å². The number of hydrogen-bond acceptors (Lipinski definition) is 2. The van der Waals surface area contributed by atoms with Gasteiger partial charge in [0, 0.05) is 18.5 Å². The van der Waals surface area contributed by atoms with E-state index in [2.05, 4.69) is 50.0 Å². The van der Waals surface area contributed by atoms with Crippen LogP contribution in [-0.2, 0) is 0 Å². The van der Waals surface area contributed by atoms with E-state index < -0.39 is 0 Å². The topological polar surface area (TPSA) is 24.5 Å². The predicted octanol–water partition coefficient (Wildman–Crippen LogP) is 3.05. The molecule has 2 aliphatic heterocycles. The van der Waals surface area contributed by atoms with Crippen LogP contribution in [0.1, 0.15) is 43.0 Å². The molecule has 3 rings (SSSR count). The highest BCUT2D eigenvalue weighted by molar-refractivity contribution is 7.80. The molecule has 0 spiro atoms. The largest absolute Gasteiger partial charge is 0.468 e. The molecule has 2 heterocycles. The molecule has 1 saturated heterocycles. The maximum absolute atomic E-state index is 6.30. The third-order valence-corrected chi connectivity index (χ3v) is 4.68. The molecule has 19 heavy (non-hydrogen) atoms. The van der Waals surface area contributed by atoms with Crippen molar-refractivity contribution in [1.82, 2.24) is 10.2 Å². The molecule has 0 aromatic heterocycles. The standard InChI is InChI=1S/C15H20N2OS/c1-5-17-14(19)16-12-8-15(17,4)18-13-7-10(3)9(2)6-11(12)13/h6-7,12H,5,8H2,1-4H3,(H,16,19). The Balaban J connectivity index is 2.11. The van der Waals surface area contributed by atoms with E-state index in [1.807, 2.05) is 0 Å². The summed E-state index contributed by atoms with van der Waals surface area (Å²) in [6.07, 6.45) is 0.927. The van der Waals surface area contributed by atoms with Crippen LogP contribution in [0.3, 0.4) is 0 Å². The highest BCUT2D eigenvalue weighted by Gasteiger charge is 2.46. The highest BCUT2D eigenvalue weighted by atomic mass is 32.1. The number of ether oxygens (including phenoxy) is 1. The number of fused-ring (bicyclic) bond motifs is 4. The average Bonchev–Trinajstić information content (AvgIpc) is 2.31. The lowest BCUT2D eigenvalue weighted by atomic mass is 9.89. The van der Waals surface area contributed by atoms with E-state index in [-0.39, 0.29) is 11.8 Å². The SMILES string of the molecule is CCN1C(=S)NC2CC1(C)Oc1cc(C)c(C)cc12. The van der Waals surface area contributed by atoms with E-state index in [9.17, 15) is 0 Å². The summed E-state index contributed by atoms with van der Waals surface area (Å²) in [5, 5.41) is 4.25. The number of rotatable bonds is 1. The number of aryl methyl sites for hydroxylation is 2. The van der Waals surface area contributed by atoms with Gasteiger partial charge in [-0.2, -0.15) is 0 Å². The van der Waals surface area contributed by atoms with E-state index in [0.29, 0.717) is 0 Å². The lowest BCUT2D eigenvalue weighted by Crippen LogP contribution is -2.64. The quantitative estimate of drug-likeness (QED) is 0.797. The molecule has 0 amide bonds. The lowest BCUT2D eigenvalue weighted by molar-refractivity contribution is -0.0659. The smallest absolute Gasteiger partial charge is 0.184 e. The molecule has 102 valence electrons. The minimum atomic E-state index is -0.323. The van der Waals surface area contributed by atoms with Crippen molar-refractivity contribution in [2.75, 3.05) is 6.54 Å². The van der Waals surface area contributed by atoms with E-state index in [4.69, 9.17) is 17.0 Å². The summed E-state index contributed by atoms with van der Waals surface area (Å²) in [6.45, 7) is 9.37. The second-order valence-electron chi connectivity index (χ2n) is 5.70. The van der Waals surface area contributed by atoms with Crippen molar-refractivity contribution < 1.29 is 4.74 Å². The molecular formula is C15H20N2OS. The van der Waals surface area contributed by atoms with E-state index in [1.165, 1.54) is 16.7 Å². The summed E-state index contributed by atoms with van der Waals surface area (Å²) in [6, 6.07) is 4.65. The first-order chi connectivity index (χ1) is 8.94. The Hall–Kier alpha value is -1.29. The van der Waals surface area contributed by atoms with Crippen molar-refractivity contribution in [2.24, 2.45) is 0 Å². The first kappa shape index (κ1) is 12.7. The maximum atomic E-state index is 6.30. The Morgan fingerprint density at radius 2 is 2.11 bits per heavy atom. The minimum Gasteiger partial charge on any atom is -0.468 e. The number of benzene rings is 1. The normalized spacial score (nSPS) is 28.5. The third-order valence-electron chi connectivity index (χ3n) is 4.34. The molecule has 0 radical (unpaired) electrons. The molecule has 2 unspecified atom stereocenters. The van der Waals surface area contributed by atoms with Crippen molar-refractivity contribution >= 4 is 17.3 Å². The number of nitrogens with one attached hydrogen (secondary N) is 1. The zero-order valence-corrected chi connectivity index (χ0v) is 12.7. The first-order valence-electron chi connectivity index (χ1n) is 6.83. The van der Waals surface area contributed by atoms with Crippen LogP contribution >= 0.6 is 12.2 Å². The fourth-order valence-electron chi connectivity index (χ4n) is 3.15. The van der Waals surface area contributed by atoms with Gasteiger partial charge in [0.05, 0.1) is 6.04 Å². The Labute approximate surface area is 119 Å². The van der Waals surface area contributed by atoms with E-state index in [1.54, 1.807) is 0 Å². The fraction of sp³-hybridized carbons (Fsp3) is 0.533. The third kappa shape index (κ3) is 1.81. The summed E-state index contributed by atoms with van der Waals surface area (Å²) in [5.41, 5.74) is 3.49. The van der Waals surface area contributed by atoms with Gasteiger partial charge in [-0.3, -0.25) is 0 Å². The van der Waals surface area contributed by atoms with Crippen LogP contribution in [0.4, 0.5) is 0 Å². The molecule has 2 bridgehead atoms. The van der Waals surface area contributed by atoms with E-state index in [0.717, 1.165) is 23.8 Å². The summed E-state index contributed by atoms with van der Waals surface area (Å²) in [5.74, 6) is 0.996. The molecule has 4 heteroatoms. The first-order valence-corrected chi connectivity index (χ1v) is 7.24. The molecule has 3 nitrogen and oxygen atoms in total. The van der Waals surface area contributed by atoms with Gasteiger partial charge in [-0.15, -0.1) is 0 Å². The second kappa shape index (κ2) is 4.10. The van der Waals surface area contributed by atoms with Gasteiger partial charge in [0.1, 0.15) is 5.75 Å². The number of thiocarbonyl (C=S) groups is 1. The Kier molecular flexibility index (Phi) is 2.75. The van der Waals surface area contributed by atoms with Crippen LogP contribution in [0.25, 0.3) is 0 Å². The highest BCUT2D eigenvalue weighted by Crippen LogP contribution is 2.44. The molecule has 0 aliphatic carbocycles. The van der Waals surface area contributed by atoms with Gasteiger partial charge >= 0.3 is 0 Å². The average molecular weight is 276 g/mol. The zero-order valence-electron chi connectivity index (χ0n) is 11.9. The predicted molar refractivity (Wildman–Crippen MR) is 80.4 cm³/mol. The molecule has 1 aromatic rings. The number of hydrogen-bond donors (Lipinski definition) is 1. The van der Waals surface area contributed by atoms with Gasteiger partial charge in [-0.05, 0) is 57.1 Å². The molecule has 2 aliphatic rings. The van der Waals surface area contributed by atoms with Crippen molar-refractivity contribution in [3.8, 4) is 5.75 Å². The summed E-state index contributed by atoms with van der Waals surface area (Å²) in [4.78, 5) is 2.14. The van der Waals surface area contributed by atoms with Gasteiger partial charge in [0.25, 0.3) is 0 Å². The van der Waals surface area contributed by atoms with Crippen molar-refractivity contribution in [3.63, 3.8) is 0 Å². The Bertz CT molecular complexity index is 557. The molecule has 1 fully saturated rings. The van der Waals surface area contributed by atoms with Crippen LogP contribution in [-0.4, -0.2) is 22.3 Å². The van der Waals surface area contributed by atoms with Crippen LogP contribution < -0.4 is 10.1 Å². The van der Waals surface area contributed by atoms with Crippen LogP contribution in [0, 0.1) is 13.8 Å². The summed E-state index contributed by atoms with van der Waals surface area (Å²) < 4.78 is 6.30. The van der Waals surface area contributed by atoms with Crippen molar-refractivity contribution in [3.05, 3.63) is 28.8 Å². The maximum Gasteiger partial charge on any atom is 0.184 e.